The molecule has 1 aliphatic rings. The van der Waals surface area contributed by atoms with Gasteiger partial charge in [0.25, 0.3) is 5.91 Å². The Bertz CT molecular complexity index is 1030. The fraction of sp³-hybridized carbons (Fsp3) is 0.304. The number of benzene rings is 2. The zero-order valence-corrected chi connectivity index (χ0v) is 17.9. The number of halogens is 2. The lowest BCUT2D eigenvalue weighted by Crippen LogP contribution is -2.43. The number of amides is 1. The van der Waals surface area contributed by atoms with Crippen LogP contribution >= 0.6 is 11.3 Å². The van der Waals surface area contributed by atoms with E-state index < -0.39 is 0 Å². The molecule has 1 saturated heterocycles. The largest absolute Gasteiger partial charge is 0.379 e. The van der Waals surface area contributed by atoms with Crippen LogP contribution in [0.15, 0.2) is 48.5 Å². The van der Waals surface area contributed by atoms with Crippen LogP contribution in [-0.4, -0.2) is 48.6 Å². The Hall–Kier alpha value is -2.68. The summed E-state index contributed by atoms with van der Waals surface area (Å²) in [4.78, 5) is 20.2. The van der Waals surface area contributed by atoms with E-state index in [1.165, 1.54) is 35.6 Å². The normalized spacial score (nSPS) is 15.6. The van der Waals surface area contributed by atoms with E-state index in [1.807, 2.05) is 0 Å². The van der Waals surface area contributed by atoms with Gasteiger partial charge in [0.2, 0.25) is 0 Å². The van der Waals surface area contributed by atoms with Gasteiger partial charge < -0.3 is 10.1 Å². The summed E-state index contributed by atoms with van der Waals surface area (Å²) in [7, 11) is 0. The number of nitrogens with one attached hydrogen (secondary N) is 1. The third-order valence-corrected chi connectivity index (χ3v) is 6.50. The molecule has 5 nitrogen and oxygen atoms in total. The van der Waals surface area contributed by atoms with Gasteiger partial charge in [-0.05, 0) is 48.9 Å². The van der Waals surface area contributed by atoms with E-state index in [4.69, 9.17) is 4.74 Å². The van der Waals surface area contributed by atoms with Crippen molar-refractivity contribution in [3.05, 3.63) is 76.3 Å². The summed E-state index contributed by atoms with van der Waals surface area (Å²) in [5, 5.41) is 3.69. The highest BCUT2D eigenvalue weighted by atomic mass is 32.1. The molecule has 1 amide bonds. The molecule has 4 rings (SSSR count). The number of carbonyl (C=O) groups is 1. The minimum atomic E-state index is -0.315. The molecule has 1 N–H and O–H groups in total. The number of thiazole rings is 1. The lowest BCUT2D eigenvalue weighted by Gasteiger charge is -2.34. The topological polar surface area (TPSA) is 54.5 Å². The third kappa shape index (κ3) is 5.15. The van der Waals surface area contributed by atoms with E-state index in [1.54, 1.807) is 31.2 Å². The van der Waals surface area contributed by atoms with Crippen molar-refractivity contribution in [2.45, 2.75) is 13.0 Å². The van der Waals surface area contributed by atoms with Crippen molar-refractivity contribution in [1.82, 2.24) is 15.2 Å². The molecule has 1 fully saturated rings. The van der Waals surface area contributed by atoms with Crippen molar-refractivity contribution in [2.75, 3.05) is 32.8 Å². The first-order valence-electron chi connectivity index (χ1n) is 10.1. The second-order valence-electron chi connectivity index (χ2n) is 7.37. The fourth-order valence-electron chi connectivity index (χ4n) is 3.62. The molecule has 1 aromatic heterocycles. The summed E-state index contributed by atoms with van der Waals surface area (Å²) in [6.45, 7) is 4.91. The highest BCUT2D eigenvalue weighted by molar-refractivity contribution is 7.17. The molecule has 3 aromatic rings. The summed E-state index contributed by atoms with van der Waals surface area (Å²) in [5.41, 5.74) is 2.34. The molecule has 8 heteroatoms. The molecule has 31 heavy (non-hydrogen) atoms. The van der Waals surface area contributed by atoms with Gasteiger partial charge in [0.05, 0.1) is 24.9 Å². The third-order valence-electron chi connectivity index (χ3n) is 5.29. The number of rotatable bonds is 6. The maximum atomic E-state index is 13.4. The predicted octanol–water partition coefficient (Wildman–Crippen LogP) is 4.20. The second kappa shape index (κ2) is 9.64. The molecule has 1 aliphatic heterocycles. The molecule has 0 radical (unpaired) electrons. The van der Waals surface area contributed by atoms with Crippen molar-refractivity contribution >= 4 is 17.2 Å². The van der Waals surface area contributed by atoms with E-state index in [9.17, 15) is 13.6 Å². The van der Waals surface area contributed by atoms with Crippen molar-refractivity contribution in [1.29, 1.82) is 0 Å². The molecular formula is C23H23F2N3O2S. The number of aryl methyl sites for hydroxylation is 1. The summed E-state index contributed by atoms with van der Waals surface area (Å²) >= 11 is 1.28. The van der Waals surface area contributed by atoms with Gasteiger partial charge in [0.1, 0.15) is 21.5 Å². The smallest absolute Gasteiger partial charge is 0.263 e. The van der Waals surface area contributed by atoms with Gasteiger partial charge in [0.15, 0.2) is 0 Å². The number of nitrogens with zero attached hydrogens (tertiary/aromatic N) is 2. The zero-order valence-electron chi connectivity index (χ0n) is 17.1. The number of aromatic nitrogens is 1. The van der Waals surface area contributed by atoms with Gasteiger partial charge in [-0.2, -0.15) is 0 Å². The van der Waals surface area contributed by atoms with Crippen LogP contribution in [0.4, 0.5) is 8.78 Å². The van der Waals surface area contributed by atoms with Crippen LogP contribution in [0.1, 0.15) is 27.0 Å². The average Bonchev–Trinajstić information content (AvgIpc) is 3.18. The van der Waals surface area contributed by atoms with Gasteiger partial charge >= 0.3 is 0 Å². The molecule has 1 atom stereocenters. The molecule has 0 bridgehead atoms. The van der Waals surface area contributed by atoms with Gasteiger partial charge in [0, 0.05) is 25.2 Å². The first-order chi connectivity index (χ1) is 15.0. The minimum absolute atomic E-state index is 0.0850. The van der Waals surface area contributed by atoms with E-state index in [2.05, 4.69) is 15.2 Å². The fourth-order valence-corrected chi connectivity index (χ4v) is 4.61. The van der Waals surface area contributed by atoms with Crippen LogP contribution in [0.5, 0.6) is 0 Å². The van der Waals surface area contributed by atoms with E-state index in [0.29, 0.717) is 35.3 Å². The number of morpholine rings is 1. The minimum Gasteiger partial charge on any atom is -0.379 e. The quantitative estimate of drug-likeness (QED) is 0.621. The number of hydrogen-bond donors (Lipinski definition) is 1. The summed E-state index contributed by atoms with van der Waals surface area (Å²) in [6.07, 6.45) is 0. The Kier molecular flexibility index (Phi) is 6.70. The van der Waals surface area contributed by atoms with E-state index in [-0.39, 0.29) is 23.6 Å². The van der Waals surface area contributed by atoms with E-state index in [0.717, 1.165) is 24.2 Å². The molecule has 0 saturated carbocycles. The Labute approximate surface area is 183 Å². The van der Waals surface area contributed by atoms with Crippen molar-refractivity contribution in [3.63, 3.8) is 0 Å². The molecular weight excluding hydrogens is 420 g/mol. The summed E-state index contributed by atoms with van der Waals surface area (Å²) < 4.78 is 32.0. The highest BCUT2D eigenvalue weighted by Gasteiger charge is 2.24. The van der Waals surface area contributed by atoms with Crippen LogP contribution in [0, 0.1) is 18.6 Å². The van der Waals surface area contributed by atoms with Crippen LogP contribution in [-0.2, 0) is 4.74 Å². The lowest BCUT2D eigenvalue weighted by atomic mass is 10.0. The monoisotopic (exact) mass is 443 g/mol. The van der Waals surface area contributed by atoms with Gasteiger partial charge in [-0.3, -0.25) is 9.69 Å². The summed E-state index contributed by atoms with van der Waals surface area (Å²) in [6, 6.07) is 12.4. The molecule has 0 aliphatic carbocycles. The van der Waals surface area contributed by atoms with Crippen LogP contribution in [0.2, 0.25) is 0 Å². The number of hydrogen-bond acceptors (Lipinski definition) is 5. The highest BCUT2D eigenvalue weighted by Crippen LogP contribution is 2.28. The second-order valence-corrected chi connectivity index (χ2v) is 8.37. The Morgan fingerprint density at radius 2 is 1.71 bits per heavy atom. The maximum absolute atomic E-state index is 13.4. The SMILES string of the molecule is Cc1nc(-c2ccc(F)cc2)sc1C(=O)NCC(c1ccc(F)cc1)N1CCOCC1. The van der Waals surface area contributed by atoms with Crippen molar-refractivity contribution in [2.24, 2.45) is 0 Å². The van der Waals surface area contributed by atoms with Gasteiger partial charge in [-0.25, -0.2) is 13.8 Å². The average molecular weight is 444 g/mol. The van der Waals surface area contributed by atoms with Crippen molar-refractivity contribution < 1.29 is 18.3 Å². The lowest BCUT2D eigenvalue weighted by molar-refractivity contribution is 0.0162. The first kappa shape index (κ1) is 21.5. The maximum Gasteiger partial charge on any atom is 0.263 e. The van der Waals surface area contributed by atoms with Gasteiger partial charge in [-0.1, -0.05) is 12.1 Å². The van der Waals surface area contributed by atoms with Crippen LogP contribution < -0.4 is 5.32 Å². The molecule has 162 valence electrons. The molecule has 0 spiro atoms. The van der Waals surface area contributed by atoms with Crippen LogP contribution in [0.3, 0.4) is 0 Å². The number of carbonyl (C=O) groups excluding carboxylic acids is 1. The molecule has 2 heterocycles. The molecule has 1 unspecified atom stereocenters. The zero-order chi connectivity index (χ0) is 21.8. The van der Waals surface area contributed by atoms with E-state index >= 15 is 0 Å². The Balaban J connectivity index is 1.49. The molecule has 2 aromatic carbocycles. The Morgan fingerprint density at radius 1 is 1.10 bits per heavy atom. The number of ether oxygens (including phenoxy) is 1. The predicted molar refractivity (Wildman–Crippen MR) is 116 cm³/mol. The summed E-state index contributed by atoms with van der Waals surface area (Å²) in [5.74, 6) is -0.809. The van der Waals surface area contributed by atoms with Gasteiger partial charge in [-0.15, -0.1) is 11.3 Å². The Morgan fingerprint density at radius 3 is 2.35 bits per heavy atom. The first-order valence-corrected chi connectivity index (χ1v) is 10.9. The standard InChI is InChI=1S/C23H23F2N3O2S/c1-15-21(31-23(27-15)17-4-8-19(25)9-5-17)22(29)26-14-20(28-10-12-30-13-11-28)16-2-6-18(24)7-3-16/h2-9,20H,10-14H2,1H3,(H,26,29). The van der Waals surface area contributed by atoms with Crippen LogP contribution in [0.25, 0.3) is 10.6 Å². The van der Waals surface area contributed by atoms with Crippen molar-refractivity contribution in [3.8, 4) is 10.6 Å².